The minimum absolute atomic E-state index is 0.125. The van der Waals surface area contributed by atoms with Gasteiger partial charge in [-0.1, -0.05) is 15.9 Å². The van der Waals surface area contributed by atoms with E-state index in [9.17, 15) is 4.79 Å². The Bertz CT molecular complexity index is 726. The summed E-state index contributed by atoms with van der Waals surface area (Å²) in [6, 6.07) is 0.649. The molecule has 5 nitrogen and oxygen atoms in total. The van der Waals surface area contributed by atoms with Crippen molar-refractivity contribution in [3.8, 4) is 0 Å². The fourth-order valence-corrected chi connectivity index (χ4v) is 4.31. The molecule has 3 aliphatic heterocycles. The molecule has 6 heteroatoms. The molecule has 0 bridgehead atoms. The normalized spacial score (nSPS) is 22.6. The van der Waals surface area contributed by atoms with E-state index in [0.717, 1.165) is 53.8 Å². The Kier molecular flexibility index (Phi) is 6.16. The summed E-state index contributed by atoms with van der Waals surface area (Å²) in [5, 5.41) is 0. The number of nitrogens with zero attached hydrogens (tertiary/aromatic N) is 3. The molecule has 1 saturated heterocycles. The highest BCUT2D eigenvalue weighted by Gasteiger charge is 2.31. The molecule has 0 N–H and O–H groups in total. The molecule has 3 aliphatic rings. The van der Waals surface area contributed by atoms with Crippen LogP contribution in [-0.4, -0.2) is 60.0 Å². The highest BCUT2D eigenvalue weighted by atomic mass is 79.9. The maximum absolute atomic E-state index is 12.6. The zero-order chi connectivity index (χ0) is 19.7. The molecule has 0 amide bonds. The van der Waals surface area contributed by atoms with Gasteiger partial charge < -0.3 is 19.4 Å². The third kappa shape index (κ3) is 4.49. The van der Waals surface area contributed by atoms with Crippen LogP contribution < -0.4 is 0 Å². The zero-order valence-corrected chi connectivity index (χ0v) is 18.5. The van der Waals surface area contributed by atoms with E-state index in [2.05, 4.69) is 57.1 Å². The van der Waals surface area contributed by atoms with Gasteiger partial charge in [-0.2, -0.15) is 0 Å². The fourth-order valence-electron chi connectivity index (χ4n) is 3.82. The SMILES string of the molecule is CC1=C(C(=O)OC(C)C)C=C2CC(Br)=CN2/C1=C/N1CCC(N(C)C)CC1. The average molecular weight is 436 g/mol. The van der Waals surface area contributed by atoms with Crippen LogP contribution >= 0.6 is 15.9 Å². The first-order valence-electron chi connectivity index (χ1n) is 9.66. The van der Waals surface area contributed by atoms with Gasteiger partial charge in [0.25, 0.3) is 0 Å². The molecule has 0 atom stereocenters. The van der Waals surface area contributed by atoms with Crippen LogP contribution in [0.4, 0.5) is 0 Å². The number of halogens is 1. The number of carbonyl (C=O) groups is 1. The Labute approximate surface area is 171 Å². The van der Waals surface area contributed by atoms with Gasteiger partial charge in [-0.15, -0.1) is 0 Å². The number of allylic oxidation sites excluding steroid dienone is 2. The van der Waals surface area contributed by atoms with Crippen molar-refractivity contribution in [1.29, 1.82) is 0 Å². The van der Waals surface area contributed by atoms with Crippen LogP contribution in [0.3, 0.4) is 0 Å². The van der Waals surface area contributed by atoms with Gasteiger partial charge in [0.05, 0.1) is 17.4 Å². The zero-order valence-electron chi connectivity index (χ0n) is 17.0. The lowest BCUT2D eigenvalue weighted by Gasteiger charge is -2.36. The molecule has 0 unspecified atom stereocenters. The minimum Gasteiger partial charge on any atom is -0.459 e. The van der Waals surface area contributed by atoms with E-state index < -0.39 is 0 Å². The molecule has 0 radical (unpaired) electrons. The van der Waals surface area contributed by atoms with Crippen molar-refractivity contribution in [2.45, 2.75) is 52.2 Å². The molecule has 148 valence electrons. The van der Waals surface area contributed by atoms with E-state index in [-0.39, 0.29) is 12.1 Å². The Morgan fingerprint density at radius 1 is 1.33 bits per heavy atom. The average Bonchev–Trinajstić information content (AvgIpc) is 2.97. The van der Waals surface area contributed by atoms with Crippen molar-refractivity contribution in [3.05, 3.63) is 45.5 Å². The Morgan fingerprint density at radius 3 is 2.59 bits per heavy atom. The maximum atomic E-state index is 12.6. The van der Waals surface area contributed by atoms with E-state index in [1.54, 1.807) is 0 Å². The second-order valence-electron chi connectivity index (χ2n) is 8.00. The number of esters is 1. The van der Waals surface area contributed by atoms with Crippen LogP contribution in [0, 0.1) is 0 Å². The summed E-state index contributed by atoms with van der Waals surface area (Å²) in [4.78, 5) is 19.5. The highest BCUT2D eigenvalue weighted by Crippen LogP contribution is 2.40. The van der Waals surface area contributed by atoms with Gasteiger partial charge in [0.2, 0.25) is 0 Å². The Balaban J connectivity index is 1.88. The molecular weight excluding hydrogens is 406 g/mol. The first-order valence-corrected chi connectivity index (χ1v) is 10.5. The molecule has 0 spiro atoms. The van der Waals surface area contributed by atoms with Crippen molar-refractivity contribution >= 4 is 21.9 Å². The summed E-state index contributed by atoms with van der Waals surface area (Å²) in [5.41, 5.74) is 3.82. The number of carbonyl (C=O) groups excluding carboxylic acids is 1. The van der Waals surface area contributed by atoms with Crippen LogP contribution in [0.15, 0.2) is 45.5 Å². The lowest BCUT2D eigenvalue weighted by molar-refractivity contribution is -0.142. The van der Waals surface area contributed by atoms with Crippen LogP contribution in [0.2, 0.25) is 0 Å². The van der Waals surface area contributed by atoms with Crippen molar-refractivity contribution in [1.82, 2.24) is 14.7 Å². The molecule has 0 aromatic carbocycles. The molecular formula is C21H30BrN3O2. The second-order valence-corrected chi connectivity index (χ2v) is 9.01. The lowest BCUT2D eigenvalue weighted by Crippen LogP contribution is -2.40. The fraction of sp³-hybridized carbons (Fsp3) is 0.571. The summed E-state index contributed by atoms with van der Waals surface area (Å²) >= 11 is 3.62. The maximum Gasteiger partial charge on any atom is 0.338 e. The highest BCUT2D eigenvalue weighted by molar-refractivity contribution is 9.11. The Hall–Kier alpha value is -1.53. The van der Waals surface area contributed by atoms with Crippen molar-refractivity contribution in [2.24, 2.45) is 0 Å². The van der Waals surface area contributed by atoms with E-state index >= 15 is 0 Å². The van der Waals surface area contributed by atoms with Gasteiger partial charge >= 0.3 is 5.97 Å². The predicted molar refractivity (Wildman–Crippen MR) is 112 cm³/mol. The molecule has 0 saturated carbocycles. The van der Waals surface area contributed by atoms with Crippen molar-refractivity contribution in [2.75, 3.05) is 27.2 Å². The standard InChI is InChI=1S/C21H30BrN3O2/c1-14(2)27-21(26)19-11-18-10-16(22)12-25(18)20(15(19)3)13-24-8-6-17(7-9-24)23(4)5/h11-14,17H,6-10H2,1-5H3/b20-13+. The first-order chi connectivity index (χ1) is 12.8. The third-order valence-electron chi connectivity index (χ3n) is 5.38. The van der Waals surface area contributed by atoms with Gasteiger partial charge in [-0.05, 0) is 59.4 Å². The molecule has 1 fully saturated rings. The van der Waals surface area contributed by atoms with Crippen LogP contribution in [-0.2, 0) is 9.53 Å². The van der Waals surface area contributed by atoms with Gasteiger partial charge in [0, 0.05) is 48.1 Å². The van der Waals surface area contributed by atoms with Crippen LogP contribution in [0.5, 0.6) is 0 Å². The lowest BCUT2D eigenvalue weighted by atomic mass is 9.99. The van der Waals surface area contributed by atoms with Crippen molar-refractivity contribution in [3.63, 3.8) is 0 Å². The molecule has 0 aliphatic carbocycles. The van der Waals surface area contributed by atoms with E-state index in [4.69, 9.17) is 4.74 Å². The largest absolute Gasteiger partial charge is 0.459 e. The summed E-state index contributed by atoms with van der Waals surface area (Å²) in [5.74, 6) is -0.241. The third-order valence-corrected chi connectivity index (χ3v) is 5.87. The Morgan fingerprint density at radius 2 is 2.00 bits per heavy atom. The number of ether oxygens (including phenoxy) is 1. The number of hydrogen-bond acceptors (Lipinski definition) is 5. The van der Waals surface area contributed by atoms with Crippen LogP contribution in [0.25, 0.3) is 0 Å². The van der Waals surface area contributed by atoms with Gasteiger partial charge in [-0.25, -0.2) is 4.79 Å². The smallest absolute Gasteiger partial charge is 0.338 e. The summed E-state index contributed by atoms with van der Waals surface area (Å²) in [7, 11) is 4.31. The molecule has 0 aromatic rings. The molecule has 3 heterocycles. The first kappa shape index (κ1) is 20.2. The minimum atomic E-state index is -0.241. The summed E-state index contributed by atoms with van der Waals surface area (Å²) in [6.45, 7) is 7.85. The van der Waals surface area contributed by atoms with Gasteiger partial charge in [0.15, 0.2) is 0 Å². The van der Waals surface area contributed by atoms with E-state index in [1.165, 1.54) is 0 Å². The quantitative estimate of drug-likeness (QED) is 0.624. The molecule has 3 rings (SSSR count). The number of rotatable bonds is 4. The van der Waals surface area contributed by atoms with Crippen molar-refractivity contribution < 1.29 is 9.53 Å². The topological polar surface area (TPSA) is 36.0 Å². The summed E-state index contributed by atoms with van der Waals surface area (Å²) in [6.07, 6.45) is 9.29. The monoisotopic (exact) mass is 435 g/mol. The second kappa shape index (κ2) is 8.23. The van der Waals surface area contributed by atoms with Gasteiger partial charge in [0.1, 0.15) is 0 Å². The predicted octanol–water partition coefficient (Wildman–Crippen LogP) is 3.96. The number of hydrogen-bond donors (Lipinski definition) is 0. The number of piperidine rings is 1. The molecule has 27 heavy (non-hydrogen) atoms. The van der Waals surface area contributed by atoms with E-state index in [0.29, 0.717) is 11.6 Å². The number of fused-ring (bicyclic) bond motifs is 1. The number of likely N-dealkylation sites (tertiary alicyclic amines) is 1. The van der Waals surface area contributed by atoms with E-state index in [1.807, 2.05) is 26.8 Å². The van der Waals surface area contributed by atoms with Gasteiger partial charge in [-0.3, -0.25) is 0 Å². The van der Waals surface area contributed by atoms with Crippen LogP contribution in [0.1, 0.15) is 40.0 Å². The molecule has 0 aromatic heterocycles. The summed E-state index contributed by atoms with van der Waals surface area (Å²) < 4.78 is 6.60.